The molecule has 116 valence electrons. The zero-order valence-electron chi connectivity index (χ0n) is 11.7. The molecule has 0 aromatic carbocycles. The number of amides is 1. The van der Waals surface area contributed by atoms with Crippen molar-refractivity contribution in [1.29, 1.82) is 0 Å². The predicted molar refractivity (Wildman–Crippen MR) is 73.8 cm³/mol. The minimum absolute atomic E-state index is 0.169. The van der Waals surface area contributed by atoms with E-state index in [-0.39, 0.29) is 22.9 Å². The summed E-state index contributed by atoms with van der Waals surface area (Å²) in [5.41, 5.74) is -0.830. The highest BCUT2D eigenvalue weighted by Gasteiger charge is 2.75. The van der Waals surface area contributed by atoms with Crippen LogP contribution >= 0.6 is 0 Å². The number of carbonyl (C=O) groups excluding carboxylic acids is 1. The van der Waals surface area contributed by atoms with Crippen molar-refractivity contribution in [3.63, 3.8) is 0 Å². The molecule has 0 aliphatic heterocycles. The van der Waals surface area contributed by atoms with Crippen LogP contribution in [0.1, 0.15) is 12.5 Å². The number of carbonyl (C=O) groups is 1. The smallest absolute Gasteiger partial charge is 0.278 e. The first-order valence-corrected chi connectivity index (χ1v) is 7.01. The first-order chi connectivity index (χ1) is 10.5. The summed E-state index contributed by atoms with van der Waals surface area (Å²) in [5, 5.41) is 23.2. The maximum Gasteiger partial charge on any atom is 0.278 e. The maximum absolute atomic E-state index is 12.1. The lowest BCUT2D eigenvalue weighted by Gasteiger charge is -2.23. The van der Waals surface area contributed by atoms with E-state index in [4.69, 9.17) is 0 Å². The van der Waals surface area contributed by atoms with Crippen molar-refractivity contribution in [1.82, 2.24) is 24.8 Å². The maximum atomic E-state index is 12.1. The van der Waals surface area contributed by atoms with Gasteiger partial charge in [0.2, 0.25) is 5.91 Å². The van der Waals surface area contributed by atoms with Crippen LogP contribution in [0.15, 0.2) is 17.4 Å². The molecule has 9 heteroatoms. The van der Waals surface area contributed by atoms with Crippen LogP contribution < -0.4 is 10.9 Å². The normalized spacial score (nSPS) is 36.3. The number of H-pyrrole nitrogens is 1. The van der Waals surface area contributed by atoms with Gasteiger partial charge < -0.3 is 25.1 Å². The number of fused-ring (bicyclic) bond motifs is 2. The van der Waals surface area contributed by atoms with E-state index in [0.29, 0.717) is 12.1 Å². The van der Waals surface area contributed by atoms with Gasteiger partial charge >= 0.3 is 0 Å². The van der Waals surface area contributed by atoms with Crippen molar-refractivity contribution in [2.24, 2.45) is 11.3 Å². The third kappa shape index (κ3) is 1.39. The van der Waals surface area contributed by atoms with Gasteiger partial charge in [0.1, 0.15) is 6.10 Å². The number of aliphatic hydroxyl groups excluding tert-OH is 2. The quantitative estimate of drug-likeness (QED) is 0.515. The molecule has 22 heavy (non-hydrogen) atoms. The van der Waals surface area contributed by atoms with Crippen molar-refractivity contribution in [3.8, 4) is 0 Å². The van der Waals surface area contributed by atoms with Crippen LogP contribution in [-0.2, 0) is 4.79 Å². The molecule has 4 N–H and O–H groups in total. The number of nitrogens with one attached hydrogen (secondary N) is 2. The number of rotatable bonds is 2. The molecule has 9 nitrogen and oxygen atoms in total. The number of hydrogen-bond donors (Lipinski definition) is 4. The Balaban J connectivity index is 1.82. The second-order valence-electron chi connectivity index (χ2n) is 5.91. The second-order valence-corrected chi connectivity index (χ2v) is 5.91. The van der Waals surface area contributed by atoms with Crippen molar-refractivity contribution >= 4 is 17.1 Å². The summed E-state index contributed by atoms with van der Waals surface area (Å²) in [6, 6.07) is -0.536. The van der Waals surface area contributed by atoms with E-state index in [0.717, 1.165) is 0 Å². The molecule has 4 rings (SSSR count). The summed E-state index contributed by atoms with van der Waals surface area (Å²) in [6.45, 7) is 0. The van der Waals surface area contributed by atoms with Crippen LogP contribution in [0, 0.1) is 11.3 Å². The molecule has 2 aliphatic rings. The van der Waals surface area contributed by atoms with Gasteiger partial charge in [-0.15, -0.1) is 0 Å². The third-order valence-electron chi connectivity index (χ3n) is 5.01. The monoisotopic (exact) mass is 305 g/mol. The summed E-state index contributed by atoms with van der Waals surface area (Å²) in [6.07, 6.45) is 0.903. The number of aromatic amines is 1. The molecule has 0 radical (unpaired) electrons. The molecule has 2 aliphatic carbocycles. The first-order valence-electron chi connectivity index (χ1n) is 7.01. The zero-order valence-corrected chi connectivity index (χ0v) is 11.7. The van der Waals surface area contributed by atoms with E-state index in [2.05, 4.69) is 20.3 Å². The van der Waals surface area contributed by atoms with Gasteiger partial charge in [-0.1, -0.05) is 0 Å². The largest absolute Gasteiger partial charge is 0.389 e. The Morgan fingerprint density at radius 1 is 1.50 bits per heavy atom. The molecule has 5 atom stereocenters. The third-order valence-corrected chi connectivity index (χ3v) is 5.01. The Labute approximate surface area is 124 Å². The lowest BCUT2D eigenvalue weighted by molar-refractivity contribution is -0.132. The molecule has 0 spiro atoms. The van der Waals surface area contributed by atoms with Gasteiger partial charge in [0.05, 0.1) is 30.2 Å². The molecule has 2 aromatic heterocycles. The van der Waals surface area contributed by atoms with Crippen LogP contribution in [0.25, 0.3) is 11.2 Å². The molecule has 2 aromatic rings. The summed E-state index contributed by atoms with van der Waals surface area (Å²) in [4.78, 5) is 34.4. The lowest BCUT2D eigenvalue weighted by Crippen LogP contribution is -2.41. The molecule has 1 unspecified atom stereocenters. The molecular weight excluding hydrogens is 290 g/mol. The van der Waals surface area contributed by atoms with Crippen LogP contribution in [0.5, 0.6) is 0 Å². The molecule has 0 saturated heterocycles. The topological polar surface area (TPSA) is 133 Å². The van der Waals surface area contributed by atoms with Gasteiger partial charge in [0, 0.05) is 13.0 Å². The van der Waals surface area contributed by atoms with Gasteiger partial charge in [-0.3, -0.25) is 9.59 Å². The number of hydrogen-bond acceptors (Lipinski definition) is 6. The highest BCUT2D eigenvalue weighted by atomic mass is 16.3. The molecule has 2 heterocycles. The Morgan fingerprint density at radius 3 is 3.00 bits per heavy atom. The fourth-order valence-electron chi connectivity index (χ4n) is 3.87. The summed E-state index contributed by atoms with van der Waals surface area (Å²) in [5.74, 6) is -0.488. The predicted octanol–water partition coefficient (Wildman–Crippen LogP) is -1.85. The fourth-order valence-corrected chi connectivity index (χ4v) is 3.87. The van der Waals surface area contributed by atoms with Crippen LogP contribution in [0.2, 0.25) is 0 Å². The van der Waals surface area contributed by atoms with Gasteiger partial charge in [0.25, 0.3) is 5.56 Å². The SMILES string of the molecule is CNC(=O)[C@@]12C[C@@H]1[C@@H](n1cnc3c(=O)[nH]cnc31)C(O)[C@H]2O. The fraction of sp³-hybridized carbons (Fsp3) is 0.538. The van der Waals surface area contributed by atoms with Crippen LogP contribution in [0.4, 0.5) is 0 Å². The van der Waals surface area contributed by atoms with Gasteiger partial charge in [0.15, 0.2) is 11.2 Å². The average Bonchev–Trinajstić information content (AvgIpc) is 3.04. The minimum Gasteiger partial charge on any atom is -0.389 e. The van der Waals surface area contributed by atoms with E-state index >= 15 is 0 Å². The van der Waals surface area contributed by atoms with Crippen LogP contribution in [0.3, 0.4) is 0 Å². The van der Waals surface area contributed by atoms with E-state index in [1.165, 1.54) is 19.7 Å². The highest BCUT2D eigenvalue weighted by molar-refractivity contribution is 5.87. The highest BCUT2D eigenvalue weighted by Crippen LogP contribution is 2.67. The minimum atomic E-state index is -1.15. The second kappa shape index (κ2) is 4.14. The van der Waals surface area contributed by atoms with Crippen LogP contribution in [-0.4, -0.2) is 54.9 Å². The Hall–Kier alpha value is -2.26. The van der Waals surface area contributed by atoms with E-state index in [1.807, 2.05) is 0 Å². The lowest BCUT2D eigenvalue weighted by atomic mass is 9.98. The summed E-state index contributed by atoms with van der Waals surface area (Å²) >= 11 is 0. The Bertz CT molecular complexity index is 829. The molecule has 0 bridgehead atoms. The van der Waals surface area contributed by atoms with Crippen molar-refractivity contribution in [3.05, 3.63) is 23.0 Å². The van der Waals surface area contributed by atoms with E-state index in [1.54, 1.807) is 4.57 Å². The molecular formula is C13H15N5O4. The number of imidazole rings is 1. The van der Waals surface area contributed by atoms with Gasteiger partial charge in [-0.25, -0.2) is 9.97 Å². The Kier molecular flexibility index (Phi) is 2.52. The van der Waals surface area contributed by atoms with E-state index in [9.17, 15) is 19.8 Å². The first kappa shape index (κ1) is 13.4. The van der Waals surface area contributed by atoms with Gasteiger partial charge in [-0.2, -0.15) is 0 Å². The number of nitrogens with zero attached hydrogens (tertiary/aromatic N) is 3. The number of aliphatic hydroxyl groups is 2. The average molecular weight is 305 g/mol. The molecule has 2 saturated carbocycles. The van der Waals surface area contributed by atoms with Crippen molar-refractivity contribution in [2.75, 3.05) is 7.05 Å². The number of aromatic nitrogens is 4. The summed E-state index contributed by atoms with van der Waals surface area (Å²) in [7, 11) is 1.51. The molecule has 2 fully saturated rings. The Morgan fingerprint density at radius 2 is 2.27 bits per heavy atom. The molecule has 1 amide bonds. The summed E-state index contributed by atoms with van der Waals surface area (Å²) < 4.78 is 1.58. The van der Waals surface area contributed by atoms with E-state index < -0.39 is 23.7 Å². The van der Waals surface area contributed by atoms with Crippen molar-refractivity contribution < 1.29 is 15.0 Å². The standard InChI is InChI=1S/C13H15N5O4/c1-14-12(22)13-2-5(13)7(8(19)9(13)20)18-4-17-6-10(18)15-3-16-11(6)21/h3-5,7-9,19-20H,2H2,1H3,(H,14,22)(H,15,16,21)/t5-,7-,8?,9-,13+/m1/s1. The van der Waals surface area contributed by atoms with Gasteiger partial charge in [-0.05, 0) is 6.42 Å². The zero-order chi connectivity index (χ0) is 15.6. The van der Waals surface area contributed by atoms with Crippen molar-refractivity contribution in [2.45, 2.75) is 24.7 Å².